The Hall–Kier alpha value is -2.55. The minimum absolute atomic E-state index is 0.0235. The van der Waals surface area contributed by atoms with Gasteiger partial charge in [-0.1, -0.05) is 11.3 Å². The van der Waals surface area contributed by atoms with Crippen molar-refractivity contribution in [2.24, 2.45) is 5.92 Å². The van der Waals surface area contributed by atoms with Crippen molar-refractivity contribution >= 4 is 28.3 Å². The molecule has 2 fully saturated rings. The second kappa shape index (κ2) is 8.06. The van der Waals surface area contributed by atoms with Gasteiger partial charge in [-0.05, 0) is 38.7 Å². The van der Waals surface area contributed by atoms with Crippen LogP contribution in [0.25, 0.3) is 10.6 Å². The van der Waals surface area contributed by atoms with Crippen molar-refractivity contribution < 1.29 is 14.0 Å². The summed E-state index contributed by atoms with van der Waals surface area (Å²) in [6.45, 7) is 2.95. The number of aryl methyl sites for hydroxylation is 1. The first-order valence-electron chi connectivity index (χ1n) is 9.83. The summed E-state index contributed by atoms with van der Waals surface area (Å²) in [5.74, 6) is -0.683. The van der Waals surface area contributed by atoms with Gasteiger partial charge < -0.3 is 15.1 Å². The molecule has 1 unspecified atom stereocenters. The van der Waals surface area contributed by atoms with Gasteiger partial charge in [0.1, 0.15) is 15.8 Å². The zero-order valence-corrected chi connectivity index (χ0v) is 17.3. The molecule has 29 heavy (non-hydrogen) atoms. The molecule has 0 radical (unpaired) electrons. The Labute approximate surface area is 172 Å². The maximum atomic E-state index is 13.5. The molecule has 1 saturated carbocycles. The molecule has 3 heterocycles. The molecule has 2 aromatic rings. The number of nitrogens with zero attached hydrogens (tertiary/aromatic N) is 4. The zero-order valence-electron chi connectivity index (χ0n) is 16.5. The van der Waals surface area contributed by atoms with E-state index in [-0.39, 0.29) is 17.9 Å². The number of urea groups is 1. The van der Waals surface area contributed by atoms with Crippen LogP contribution in [-0.4, -0.2) is 53.0 Å². The van der Waals surface area contributed by atoms with E-state index in [4.69, 9.17) is 0 Å². The van der Waals surface area contributed by atoms with Crippen molar-refractivity contribution in [3.63, 3.8) is 0 Å². The van der Waals surface area contributed by atoms with E-state index in [0.29, 0.717) is 35.4 Å². The third kappa shape index (κ3) is 4.39. The topological polar surface area (TPSA) is 78.4 Å². The fourth-order valence-corrected chi connectivity index (χ4v) is 4.60. The molecule has 0 aromatic carbocycles. The highest BCUT2D eigenvalue weighted by Gasteiger charge is 2.33. The zero-order chi connectivity index (χ0) is 20.5. The molecule has 1 N–H and O–H groups in total. The molecule has 154 valence electrons. The summed E-state index contributed by atoms with van der Waals surface area (Å²) in [7, 11) is 1.74. The number of hydrogen-bond acceptors (Lipinski definition) is 5. The highest BCUT2D eigenvalue weighted by atomic mass is 32.1. The summed E-state index contributed by atoms with van der Waals surface area (Å²) >= 11 is 1.34. The van der Waals surface area contributed by atoms with E-state index in [1.54, 1.807) is 23.0 Å². The number of carbonyl (C=O) groups excluding carboxylic acids is 2. The Morgan fingerprint density at radius 1 is 1.31 bits per heavy atom. The number of hydrogen-bond donors (Lipinski definition) is 1. The minimum atomic E-state index is -0.423. The van der Waals surface area contributed by atoms with Crippen molar-refractivity contribution in [3.05, 3.63) is 30.0 Å². The molecule has 1 aliphatic heterocycles. The van der Waals surface area contributed by atoms with E-state index in [9.17, 15) is 14.0 Å². The van der Waals surface area contributed by atoms with Crippen LogP contribution in [0, 0.1) is 18.7 Å². The van der Waals surface area contributed by atoms with Crippen LogP contribution in [-0.2, 0) is 4.79 Å². The van der Waals surface area contributed by atoms with E-state index in [1.807, 2.05) is 6.92 Å². The largest absolute Gasteiger partial charge is 0.335 e. The average Bonchev–Trinajstić information content (AvgIpc) is 3.45. The first-order valence-corrected chi connectivity index (χ1v) is 10.7. The summed E-state index contributed by atoms with van der Waals surface area (Å²) in [6.07, 6.45) is 6.36. The van der Waals surface area contributed by atoms with Crippen LogP contribution >= 0.6 is 11.3 Å². The number of rotatable bonds is 4. The number of halogens is 1. The molecular weight excluding hydrogens is 393 g/mol. The van der Waals surface area contributed by atoms with E-state index in [0.717, 1.165) is 36.9 Å². The number of piperidine rings is 1. The number of anilines is 1. The maximum absolute atomic E-state index is 13.5. The maximum Gasteiger partial charge on any atom is 0.317 e. The van der Waals surface area contributed by atoms with Crippen molar-refractivity contribution in [2.45, 2.75) is 38.6 Å². The first kappa shape index (κ1) is 19.8. The summed E-state index contributed by atoms with van der Waals surface area (Å²) in [5, 5.41) is 4.35. The third-order valence-corrected chi connectivity index (χ3v) is 6.60. The average molecular weight is 418 g/mol. The molecule has 1 saturated heterocycles. The fourth-order valence-electron chi connectivity index (χ4n) is 3.58. The van der Waals surface area contributed by atoms with E-state index < -0.39 is 5.82 Å². The van der Waals surface area contributed by atoms with Crippen molar-refractivity contribution in [1.29, 1.82) is 0 Å². The van der Waals surface area contributed by atoms with Crippen LogP contribution in [0.3, 0.4) is 0 Å². The summed E-state index contributed by atoms with van der Waals surface area (Å²) in [4.78, 5) is 37.2. The minimum Gasteiger partial charge on any atom is -0.335 e. The van der Waals surface area contributed by atoms with Gasteiger partial charge in [0.05, 0.1) is 17.8 Å². The predicted octanol–water partition coefficient (Wildman–Crippen LogP) is 3.20. The molecule has 9 heteroatoms. The first-order chi connectivity index (χ1) is 13.9. The van der Waals surface area contributed by atoms with Crippen molar-refractivity contribution in [3.8, 4) is 10.6 Å². The highest BCUT2D eigenvalue weighted by molar-refractivity contribution is 7.19. The molecule has 1 atom stereocenters. The molecule has 0 spiro atoms. The molecule has 7 nitrogen and oxygen atoms in total. The Kier molecular flexibility index (Phi) is 5.49. The lowest BCUT2D eigenvalue weighted by atomic mass is 9.97. The van der Waals surface area contributed by atoms with Crippen LogP contribution in [0.2, 0.25) is 0 Å². The standard InChI is InChI=1S/C20H24FN5O2S/c1-12-19(29-17(23-12)14-8-15(21)10-22-9-14)25(2)18(27)13-4-3-7-26(11-13)20(28)24-16-5-6-16/h8-10,13,16H,3-7,11H2,1-2H3,(H,24,28). The van der Waals surface area contributed by atoms with Crippen LogP contribution < -0.4 is 10.2 Å². The molecule has 0 bridgehead atoms. The quantitative estimate of drug-likeness (QED) is 0.829. The number of thiazole rings is 1. The Morgan fingerprint density at radius 3 is 2.83 bits per heavy atom. The fraction of sp³-hybridized carbons (Fsp3) is 0.500. The summed E-state index contributed by atoms with van der Waals surface area (Å²) < 4.78 is 13.5. The van der Waals surface area contributed by atoms with Gasteiger partial charge in [-0.25, -0.2) is 14.2 Å². The van der Waals surface area contributed by atoms with Gasteiger partial charge in [-0.3, -0.25) is 9.78 Å². The van der Waals surface area contributed by atoms with Crippen LogP contribution in [0.5, 0.6) is 0 Å². The van der Waals surface area contributed by atoms with Gasteiger partial charge in [0, 0.05) is 37.9 Å². The molecule has 2 aromatic heterocycles. The lowest BCUT2D eigenvalue weighted by Crippen LogP contribution is -2.49. The number of aromatic nitrogens is 2. The molecular formula is C20H24FN5O2S. The molecule has 4 rings (SSSR count). The van der Waals surface area contributed by atoms with Crippen LogP contribution in [0.15, 0.2) is 18.5 Å². The lowest BCUT2D eigenvalue weighted by molar-refractivity contribution is -0.123. The highest BCUT2D eigenvalue weighted by Crippen LogP contribution is 2.35. The monoisotopic (exact) mass is 417 g/mol. The van der Waals surface area contributed by atoms with Crippen LogP contribution in [0.4, 0.5) is 14.2 Å². The number of pyridine rings is 1. The van der Waals surface area contributed by atoms with E-state index in [1.165, 1.54) is 17.4 Å². The van der Waals surface area contributed by atoms with Gasteiger partial charge >= 0.3 is 6.03 Å². The molecule has 2 aliphatic rings. The predicted molar refractivity (Wildman–Crippen MR) is 109 cm³/mol. The van der Waals surface area contributed by atoms with Gasteiger partial charge in [0.2, 0.25) is 5.91 Å². The third-order valence-electron chi connectivity index (χ3n) is 5.32. The van der Waals surface area contributed by atoms with Gasteiger partial charge in [0.25, 0.3) is 0 Å². The van der Waals surface area contributed by atoms with Gasteiger partial charge in [-0.2, -0.15) is 0 Å². The van der Waals surface area contributed by atoms with E-state index >= 15 is 0 Å². The van der Waals surface area contributed by atoms with Gasteiger partial charge in [0.15, 0.2) is 0 Å². The van der Waals surface area contributed by atoms with Crippen molar-refractivity contribution in [2.75, 3.05) is 25.0 Å². The van der Waals surface area contributed by atoms with Crippen molar-refractivity contribution in [1.82, 2.24) is 20.2 Å². The second-order valence-electron chi connectivity index (χ2n) is 7.71. The lowest BCUT2D eigenvalue weighted by Gasteiger charge is -2.33. The van der Waals surface area contributed by atoms with E-state index in [2.05, 4.69) is 15.3 Å². The Morgan fingerprint density at radius 2 is 2.10 bits per heavy atom. The molecule has 1 aliphatic carbocycles. The number of likely N-dealkylation sites (tertiary alicyclic amines) is 1. The number of nitrogens with one attached hydrogen (secondary N) is 1. The number of carbonyl (C=O) groups is 2. The smallest absolute Gasteiger partial charge is 0.317 e. The summed E-state index contributed by atoms with van der Waals surface area (Å²) in [6, 6.07) is 1.62. The van der Waals surface area contributed by atoms with Gasteiger partial charge in [-0.15, -0.1) is 0 Å². The summed E-state index contributed by atoms with van der Waals surface area (Å²) in [5.41, 5.74) is 1.30. The second-order valence-corrected chi connectivity index (χ2v) is 8.69. The Bertz CT molecular complexity index is 929. The SMILES string of the molecule is Cc1nc(-c2cncc(F)c2)sc1N(C)C(=O)C1CCCN(C(=O)NC2CC2)C1. The molecule has 3 amide bonds. The Balaban J connectivity index is 1.46. The number of amides is 3. The normalized spacial score (nSPS) is 19.1. The van der Waals surface area contributed by atoms with Crippen LogP contribution in [0.1, 0.15) is 31.4 Å².